The Labute approximate surface area is 148 Å². The van der Waals surface area contributed by atoms with Crippen LogP contribution in [0.15, 0.2) is 41.1 Å². The molecule has 0 aliphatic carbocycles. The van der Waals surface area contributed by atoms with Gasteiger partial charge in [0.05, 0.1) is 23.7 Å². The van der Waals surface area contributed by atoms with E-state index in [1.807, 2.05) is 12.1 Å². The highest BCUT2D eigenvalue weighted by Crippen LogP contribution is 2.23. The van der Waals surface area contributed by atoms with Crippen molar-refractivity contribution in [3.8, 4) is 11.8 Å². The molecule has 1 aliphatic heterocycles. The minimum atomic E-state index is -0.112. The van der Waals surface area contributed by atoms with Gasteiger partial charge in [0.2, 0.25) is 0 Å². The number of likely N-dealkylation sites (tertiary alicyclic amines) is 1. The van der Waals surface area contributed by atoms with E-state index in [0.29, 0.717) is 30.4 Å². The Morgan fingerprint density at radius 1 is 1.29 bits per heavy atom. The number of carbonyl (C=O) groups is 1. The Morgan fingerprint density at radius 2 is 2.04 bits per heavy atom. The van der Waals surface area contributed by atoms with Gasteiger partial charge < -0.3 is 14.4 Å². The van der Waals surface area contributed by atoms with Gasteiger partial charge in [-0.1, -0.05) is 12.1 Å². The number of piperidine rings is 1. The molecule has 0 N–H and O–H groups in total. The fourth-order valence-electron chi connectivity index (χ4n) is 2.72. The molecule has 1 fully saturated rings. The van der Waals surface area contributed by atoms with E-state index in [-0.39, 0.29) is 12.0 Å². The fourth-order valence-corrected chi connectivity index (χ4v) is 2.93. The average Bonchev–Trinajstić information content (AvgIpc) is 2.63. The summed E-state index contributed by atoms with van der Waals surface area (Å²) in [6.45, 7) is 1.22. The zero-order valence-electron chi connectivity index (χ0n) is 13.3. The zero-order chi connectivity index (χ0) is 16.9. The predicted octanol–water partition coefficient (Wildman–Crippen LogP) is 2.93. The number of ether oxygens (including phenoxy) is 2. The molecule has 2 aromatic rings. The van der Waals surface area contributed by atoms with Gasteiger partial charge in [-0.15, -0.1) is 0 Å². The summed E-state index contributed by atoms with van der Waals surface area (Å²) in [4.78, 5) is 22.8. The Morgan fingerprint density at radius 3 is 2.79 bits per heavy atom. The molecule has 3 rings (SSSR count). The molecule has 126 valence electrons. The van der Waals surface area contributed by atoms with Crippen molar-refractivity contribution >= 4 is 21.8 Å². The van der Waals surface area contributed by atoms with Crippen LogP contribution in [0.25, 0.3) is 0 Å². The molecule has 0 bridgehead atoms. The third-order valence-electron chi connectivity index (χ3n) is 3.87. The lowest BCUT2D eigenvalue weighted by Gasteiger charge is -2.32. The van der Waals surface area contributed by atoms with Gasteiger partial charge in [-0.3, -0.25) is 4.79 Å². The van der Waals surface area contributed by atoms with Gasteiger partial charge in [-0.2, -0.15) is 0 Å². The van der Waals surface area contributed by atoms with Crippen molar-refractivity contribution in [1.82, 2.24) is 14.9 Å². The Hall–Kier alpha value is -2.15. The van der Waals surface area contributed by atoms with Crippen molar-refractivity contribution in [3.63, 3.8) is 0 Å². The second kappa shape index (κ2) is 7.61. The van der Waals surface area contributed by atoms with Crippen LogP contribution in [-0.4, -0.2) is 47.1 Å². The van der Waals surface area contributed by atoms with Crippen LogP contribution < -0.4 is 9.47 Å². The van der Waals surface area contributed by atoms with Crippen molar-refractivity contribution < 1.29 is 14.3 Å². The van der Waals surface area contributed by atoms with Gasteiger partial charge in [0.1, 0.15) is 11.9 Å². The highest BCUT2D eigenvalue weighted by atomic mass is 79.9. The molecule has 6 nitrogen and oxygen atoms in total. The Kier molecular flexibility index (Phi) is 5.30. The number of rotatable bonds is 4. The normalized spacial score (nSPS) is 17.4. The smallest absolute Gasteiger partial charge is 0.316 e. The summed E-state index contributed by atoms with van der Waals surface area (Å²) in [5.74, 6) is 0.541. The van der Waals surface area contributed by atoms with Crippen LogP contribution in [-0.2, 0) is 0 Å². The molecule has 2 heterocycles. The SMILES string of the molecule is COc1ccccc1C(=O)N1CCCC(Oc2ncc(Br)cn2)C1. The fraction of sp³-hybridized carbons (Fsp3) is 0.353. The number of methoxy groups -OCH3 is 1. The number of benzene rings is 1. The van der Waals surface area contributed by atoms with Crippen LogP contribution in [0.1, 0.15) is 23.2 Å². The first kappa shape index (κ1) is 16.7. The van der Waals surface area contributed by atoms with Gasteiger partial charge in [0.25, 0.3) is 5.91 Å². The third kappa shape index (κ3) is 3.84. The van der Waals surface area contributed by atoms with Crippen LogP contribution in [0.3, 0.4) is 0 Å². The minimum absolute atomic E-state index is 0.0440. The number of hydrogen-bond acceptors (Lipinski definition) is 5. The van der Waals surface area contributed by atoms with Crippen LogP contribution in [0.4, 0.5) is 0 Å². The quantitative estimate of drug-likeness (QED) is 0.801. The van der Waals surface area contributed by atoms with E-state index in [9.17, 15) is 4.79 Å². The van der Waals surface area contributed by atoms with E-state index in [1.165, 1.54) is 0 Å². The zero-order valence-corrected chi connectivity index (χ0v) is 14.9. The molecule has 1 aliphatic rings. The lowest BCUT2D eigenvalue weighted by molar-refractivity contribution is 0.0513. The molecule has 1 atom stereocenters. The number of carbonyl (C=O) groups excluding carboxylic acids is 1. The minimum Gasteiger partial charge on any atom is -0.496 e. The summed E-state index contributed by atoms with van der Waals surface area (Å²) in [5, 5.41) is 0. The highest BCUT2D eigenvalue weighted by Gasteiger charge is 2.27. The van der Waals surface area contributed by atoms with E-state index in [2.05, 4.69) is 25.9 Å². The number of nitrogens with zero attached hydrogens (tertiary/aromatic N) is 3. The molecule has 1 amide bonds. The number of amides is 1. The molecule has 0 radical (unpaired) electrons. The maximum Gasteiger partial charge on any atom is 0.316 e. The number of hydrogen-bond donors (Lipinski definition) is 0. The summed E-state index contributed by atoms with van der Waals surface area (Å²) in [6.07, 6.45) is 4.92. The number of aromatic nitrogens is 2. The van der Waals surface area contributed by atoms with E-state index >= 15 is 0 Å². The first-order chi connectivity index (χ1) is 11.7. The summed E-state index contributed by atoms with van der Waals surface area (Å²) >= 11 is 3.29. The van der Waals surface area contributed by atoms with Crippen molar-refractivity contribution in [2.75, 3.05) is 20.2 Å². The van der Waals surface area contributed by atoms with Crippen LogP contribution in [0.5, 0.6) is 11.8 Å². The van der Waals surface area contributed by atoms with E-state index < -0.39 is 0 Å². The molecule has 24 heavy (non-hydrogen) atoms. The van der Waals surface area contributed by atoms with E-state index in [4.69, 9.17) is 9.47 Å². The van der Waals surface area contributed by atoms with Crippen molar-refractivity contribution in [2.24, 2.45) is 0 Å². The highest BCUT2D eigenvalue weighted by molar-refractivity contribution is 9.10. The van der Waals surface area contributed by atoms with Gasteiger partial charge >= 0.3 is 6.01 Å². The molecular formula is C17H18BrN3O3. The van der Waals surface area contributed by atoms with E-state index in [0.717, 1.165) is 17.3 Å². The van der Waals surface area contributed by atoms with Crippen LogP contribution in [0.2, 0.25) is 0 Å². The van der Waals surface area contributed by atoms with Gasteiger partial charge in [-0.25, -0.2) is 9.97 Å². The molecule has 7 heteroatoms. The van der Waals surface area contributed by atoms with Gasteiger partial charge in [0.15, 0.2) is 0 Å². The first-order valence-corrected chi connectivity index (χ1v) is 8.53. The number of halogens is 1. The summed E-state index contributed by atoms with van der Waals surface area (Å²) < 4.78 is 11.9. The third-order valence-corrected chi connectivity index (χ3v) is 4.28. The van der Waals surface area contributed by atoms with Gasteiger partial charge in [0, 0.05) is 18.9 Å². The summed E-state index contributed by atoms with van der Waals surface area (Å²) in [6, 6.07) is 7.59. The van der Waals surface area contributed by atoms with Crippen molar-refractivity contribution in [2.45, 2.75) is 18.9 Å². The second-order valence-electron chi connectivity index (χ2n) is 5.52. The Bertz CT molecular complexity index is 708. The first-order valence-electron chi connectivity index (χ1n) is 7.74. The van der Waals surface area contributed by atoms with E-state index in [1.54, 1.807) is 36.5 Å². The van der Waals surface area contributed by atoms with Crippen LogP contribution in [0, 0.1) is 0 Å². The van der Waals surface area contributed by atoms with Crippen molar-refractivity contribution in [1.29, 1.82) is 0 Å². The molecule has 0 saturated carbocycles. The maximum atomic E-state index is 12.8. The number of para-hydroxylation sites is 1. The summed E-state index contributed by atoms with van der Waals surface area (Å²) in [7, 11) is 1.57. The van der Waals surface area contributed by atoms with Crippen molar-refractivity contribution in [3.05, 3.63) is 46.7 Å². The largest absolute Gasteiger partial charge is 0.496 e. The molecule has 1 aromatic carbocycles. The predicted molar refractivity (Wildman–Crippen MR) is 92.3 cm³/mol. The van der Waals surface area contributed by atoms with Crippen LogP contribution >= 0.6 is 15.9 Å². The summed E-state index contributed by atoms with van der Waals surface area (Å²) in [5.41, 5.74) is 0.570. The standard InChI is InChI=1S/C17H18BrN3O3/c1-23-15-7-3-2-6-14(15)16(22)21-8-4-5-13(11-21)24-17-19-9-12(18)10-20-17/h2-3,6-7,9-10,13H,4-5,8,11H2,1H3. The monoisotopic (exact) mass is 391 g/mol. The lowest BCUT2D eigenvalue weighted by Crippen LogP contribution is -2.44. The second-order valence-corrected chi connectivity index (χ2v) is 6.43. The molecular weight excluding hydrogens is 374 g/mol. The molecule has 0 spiro atoms. The topological polar surface area (TPSA) is 64.5 Å². The molecule has 1 unspecified atom stereocenters. The lowest BCUT2D eigenvalue weighted by atomic mass is 10.1. The molecule has 1 saturated heterocycles. The maximum absolute atomic E-state index is 12.8. The molecule has 1 aromatic heterocycles. The Balaban J connectivity index is 1.68. The van der Waals surface area contributed by atoms with Gasteiger partial charge in [-0.05, 0) is 40.9 Å². The average molecular weight is 392 g/mol.